The van der Waals surface area contributed by atoms with Gasteiger partial charge in [0.2, 0.25) is 5.91 Å². The maximum atomic E-state index is 12.7. The Morgan fingerprint density at radius 2 is 1.56 bits per heavy atom. The van der Waals surface area contributed by atoms with Crippen molar-refractivity contribution in [3.05, 3.63) is 65.7 Å². The summed E-state index contributed by atoms with van der Waals surface area (Å²) in [5.74, 6) is 0.660. The van der Waals surface area contributed by atoms with Gasteiger partial charge in [0, 0.05) is 20.2 Å². The van der Waals surface area contributed by atoms with E-state index in [0.29, 0.717) is 13.1 Å². The molecule has 136 valence electrons. The standard InChI is InChI=1S/C19H24N2O3.ClH/c1-23-14-18(20)19(22)21(12-15-6-4-3-5-7-15)13-16-8-10-17(24-2)11-9-16;/h3-11,18H,12-14,20H2,1-2H3;1H. The Morgan fingerprint density at radius 1 is 1.00 bits per heavy atom. The van der Waals surface area contributed by atoms with E-state index in [1.165, 1.54) is 7.11 Å². The van der Waals surface area contributed by atoms with Crippen LogP contribution in [0.25, 0.3) is 0 Å². The molecule has 0 fully saturated rings. The van der Waals surface area contributed by atoms with Gasteiger partial charge < -0.3 is 20.1 Å². The molecule has 2 rings (SSSR count). The third-order valence-electron chi connectivity index (χ3n) is 3.72. The van der Waals surface area contributed by atoms with Gasteiger partial charge in [-0.2, -0.15) is 0 Å². The second-order valence-corrected chi connectivity index (χ2v) is 5.59. The number of hydrogen-bond donors (Lipinski definition) is 1. The quantitative estimate of drug-likeness (QED) is 0.782. The van der Waals surface area contributed by atoms with Crippen molar-refractivity contribution in [3.63, 3.8) is 0 Å². The molecule has 25 heavy (non-hydrogen) atoms. The first kappa shape index (κ1) is 21.0. The first-order valence-corrected chi connectivity index (χ1v) is 7.84. The summed E-state index contributed by atoms with van der Waals surface area (Å²) in [6.45, 7) is 1.19. The molecule has 0 aliphatic carbocycles. The largest absolute Gasteiger partial charge is 0.497 e. The number of ether oxygens (including phenoxy) is 2. The molecule has 1 amide bonds. The van der Waals surface area contributed by atoms with E-state index >= 15 is 0 Å². The molecule has 0 spiro atoms. The number of carbonyl (C=O) groups excluding carboxylic acids is 1. The highest BCUT2D eigenvalue weighted by Crippen LogP contribution is 2.15. The number of amides is 1. The minimum absolute atomic E-state index is 0. The van der Waals surface area contributed by atoms with Crippen molar-refractivity contribution in [2.24, 2.45) is 5.73 Å². The Labute approximate surface area is 155 Å². The Kier molecular flexibility index (Phi) is 8.99. The lowest BCUT2D eigenvalue weighted by Crippen LogP contribution is -2.45. The fraction of sp³-hybridized carbons (Fsp3) is 0.316. The van der Waals surface area contributed by atoms with Gasteiger partial charge in [0.05, 0.1) is 13.7 Å². The SMILES string of the molecule is COCC(N)C(=O)N(Cc1ccccc1)Cc1ccc(OC)cc1.Cl. The van der Waals surface area contributed by atoms with Crippen LogP contribution in [0.5, 0.6) is 5.75 Å². The van der Waals surface area contributed by atoms with Crippen molar-refractivity contribution < 1.29 is 14.3 Å². The molecule has 6 heteroatoms. The fourth-order valence-electron chi connectivity index (χ4n) is 2.45. The molecule has 2 aromatic rings. The summed E-state index contributed by atoms with van der Waals surface area (Å²) in [5.41, 5.74) is 8.02. The van der Waals surface area contributed by atoms with Gasteiger partial charge in [-0.15, -0.1) is 12.4 Å². The summed E-state index contributed by atoms with van der Waals surface area (Å²) in [4.78, 5) is 14.4. The number of halogens is 1. The highest BCUT2D eigenvalue weighted by Gasteiger charge is 2.21. The van der Waals surface area contributed by atoms with E-state index in [1.807, 2.05) is 54.6 Å². The van der Waals surface area contributed by atoms with Gasteiger partial charge in [-0.05, 0) is 23.3 Å². The summed E-state index contributed by atoms with van der Waals surface area (Å²) < 4.78 is 10.2. The number of benzene rings is 2. The highest BCUT2D eigenvalue weighted by atomic mass is 35.5. The first-order chi connectivity index (χ1) is 11.6. The monoisotopic (exact) mass is 364 g/mol. The van der Waals surface area contributed by atoms with Crippen LogP contribution in [0.4, 0.5) is 0 Å². The van der Waals surface area contributed by atoms with Gasteiger partial charge >= 0.3 is 0 Å². The van der Waals surface area contributed by atoms with Crippen LogP contribution in [0.3, 0.4) is 0 Å². The van der Waals surface area contributed by atoms with Crippen LogP contribution < -0.4 is 10.5 Å². The Bertz CT molecular complexity index is 635. The molecule has 1 atom stereocenters. The number of carbonyl (C=O) groups is 1. The Hall–Kier alpha value is -2.08. The van der Waals surface area contributed by atoms with Gasteiger partial charge in [0.15, 0.2) is 0 Å². The number of nitrogens with two attached hydrogens (primary N) is 1. The summed E-state index contributed by atoms with van der Waals surface area (Å²) in [7, 11) is 3.17. The summed E-state index contributed by atoms with van der Waals surface area (Å²) in [5, 5.41) is 0. The van der Waals surface area contributed by atoms with Crippen LogP contribution in [-0.4, -0.2) is 37.7 Å². The van der Waals surface area contributed by atoms with Crippen LogP contribution in [0.15, 0.2) is 54.6 Å². The minimum atomic E-state index is -0.669. The number of rotatable bonds is 8. The lowest BCUT2D eigenvalue weighted by molar-refractivity contribution is -0.135. The molecule has 2 N–H and O–H groups in total. The van der Waals surface area contributed by atoms with E-state index in [2.05, 4.69) is 0 Å². The van der Waals surface area contributed by atoms with E-state index in [1.54, 1.807) is 12.0 Å². The lowest BCUT2D eigenvalue weighted by Gasteiger charge is -2.26. The van der Waals surface area contributed by atoms with Gasteiger partial charge in [-0.25, -0.2) is 0 Å². The fourth-order valence-corrected chi connectivity index (χ4v) is 2.45. The summed E-state index contributed by atoms with van der Waals surface area (Å²) >= 11 is 0. The van der Waals surface area contributed by atoms with Crippen molar-refractivity contribution in [1.82, 2.24) is 4.90 Å². The third kappa shape index (κ3) is 6.38. The molecular formula is C19H25ClN2O3. The Morgan fingerprint density at radius 3 is 2.08 bits per heavy atom. The first-order valence-electron chi connectivity index (χ1n) is 7.84. The molecule has 0 bridgehead atoms. The molecular weight excluding hydrogens is 340 g/mol. The smallest absolute Gasteiger partial charge is 0.242 e. The molecule has 0 aliphatic rings. The van der Waals surface area contributed by atoms with Crippen LogP contribution >= 0.6 is 12.4 Å². The number of methoxy groups -OCH3 is 2. The summed E-state index contributed by atoms with van der Waals surface area (Å²) in [6.07, 6.45) is 0. The molecule has 0 saturated carbocycles. The zero-order valence-corrected chi connectivity index (χ0v) is 15.4. The van der Waals surface area contributed by atoms with Gasteiger partial charge in [-0.1, -0.05) is 42.5 Å². The normalized spacial score (nSPS) is 11.3. The van der Waals surface area contributed by atoms with Crippen molar-refractivity contribution in [2.45, 2.75) is 19.1 Å². The van der Waals surface area contributed by atoms with E-state index in [-0.39, 0.29) is 24.9 Å². The molecule has 1 unspecified atom stereocenters. The average molecular weight is 365 g/mol. The van der Waals surface area contributed by atoms with E-state index in [4.69, 9.17) is 15.2 Å². The maximum absolute atomic E-state index is 12.7. The van der Waals surface area contributed by atoms with Crippen molar-refractivity contribution >= 4 is 18.3 Å². The molecule has 0 saturated heterocycles. The van der Waals surface area contributed by atoms with Gasteiger partial charge in [0.1, 0.15) is 11.8 Å². The second kappa shape index (κ2) is 10.7. The highest BCUT2D eigenvalue weighted by molar-refractivity contribution is 5.85. The summed E-state index contributed by atoms with van der Waals surface area (Å²) in [6, 6.07) is 16.9. The van der Waals surface area contributed by atoms with Crippen LogP contribution in [0.2, 0.25) is 0 Å². The van der Waals surface area contributed by atoms with Crippen LogP contribution in [-0.2, 0) is 22.6 Å². The van der Waals surface area contributed by atoms with E-state index in [9.17, 15) is 4.79 Å². The predicted octanol–water partition coefficient (Wildman–Crippen LogP) is 2.62. The molecule has 0 aliphatic heterocycles. The van der Waals surface area contributed by atoms with Crippen molar-refractivity contribution in [3.8, 4) is 5.75 Å². The molecule has 0 aromatic heterocycles. The maximum Gasteiger partial charge on any atom is 0.242 e. The number of hydrogen-bond acceptors (Lipinski definition) is 4. The van der Waals surface area contributed by atoms with Crippen LogP contribution in [0.1, 0.15) is 11.1 Å². The predicted molar refractivity (Wildman–Crippen MR) is 101 cm³/mol. The number of nitrogens with zero attached hydrogens (tertiary/aromatic N) is 1. The average Bonchev–Trinajstić information content (AvgIpc) is 2.62. The third-order valence-corrected chi connectivity index (χ3v) is 3.72. The molecule has 5 nitrogen and oxygen atoms in total. The Balaban J connectivity index is 0.00000312. The molecule has 0 heterocycles. The zero-order valence-electron chi connectivity index (χ0n) is 14.6. The lowest BCUT2D eigenvalue weighted by atomic mass is 10.1. The van der Waals surface area contributed by atoms with E-state index in [0.717, 1.165) is 16.9 Å². The van der Waals surface area contributed by atoms with Crippen molar-refractivity contribution in [1.29, 1.82) is 0 Å². The van der Waals surface area contributed by atoms with E-state index < -0.39 is 6.04 Å². The van der Waals surface area contributed by atoms with Crippen LogP contribution in [0, 0.1) is 0 Å². The molecule has 2 aromatic carbocycles. The topological polar surface area (TPSA) is 64.8 Å². The minimum Gasteiger partial charge on any atom is -0.497 e. The van der Waals surface area contributed by atoms with Gasteiger partial charge in [-0.3, -0.25) is 4.79 Å². The molecule has 0 radical (unpaired) electrons. The van der Waals surface area contributed by atoms with Crippen molar-refractivity contribution in [2.75, 3.05) is 20.8 Å². The van der Waals surface area contributed by atoms with Gasteiger partial charge in [0.25, 0.3) is 0 Å². The second-order valence-electron chi connectivity index (χ2n) is 5.59. The zero-order chi connectivity index (χ0) is 17.4.